The lowest BCUT2D eigenvalue weighted by atomic mass is 10.1. The quantitative estimate of drug-likeness (QED) is 0.375. The predicted octanol–water partition coefficient (Wildman–Crippen LogP) is 5.61. The van der Waals surface area contributed by atoms with Gasteiger partial charge in [-0.05, 0) is 30.2 Å². The molecule has 0 aliphatic rings. The number of hydrogen-bond donors (Lipinski definition) is 1. The molecule has 132 valence electrons. The van der Waals surface area contributed by atoms with Crippen LogP contribution in [0.1, 0.15) is 18.9 Å². The number of carbonyl (C=O) groups excluding carboxylic acids is 1. The van der Waals surface area contributed by atoms with Gasteiger partial charge in [-0.15, -0.1) is 0 Å². The van der Waals surface area contributed by atoms with Gasteiger partial charge in [-0.2, -0.15) is 5.10 Å². The Kier molecular flexibility index (Phi) is 7.38. The third-order valence-corrected chi connectivity index (χ3v) is 4.43. The van der Waals surface area contributed by atoms with Crippen molar-refractivity contribution in [3.8, 4) is 5.75 Å². The van der Waals surface area contributed by atoms with Crippen molar-refractivity contribution in [1.29, 1.82) is 0 Å². The largest absolute Gasteiger partial charge is 0.482 e. The number of hydrazone groups is 1. The van der Waals surface area contributed by atoms with Crippen molar-refractivity contribution < 1.29 is 9.53 Å². The highest BCUT2D eigenvalue weighted by atomic mass is 35.5. The summed E-state index contributed by atoms with van der Waals surface area (Å²) in [6.45, 7) is 1.67. The topological polar surface area (TPSA) is 50.7 Å². The summed E-state index contributed by atoms with van der Waals surface area (Å²) in [5.41, 5.74) is 4.05. The summed E-state index contributed by atoms with van der Waals surface area (Å²) in [4.78, 5) is 11.9. The molecule has 1 amide bonds. The first-order valence-electron chi connectivity index (χ1n) is 7.29. The molecular weight excluding hydrogens is 406 g/mol. The molecule has 2 aromatic rings. The maximum atomic E-state index is 11.9. The number of carbonyl (C=O) groups is 1. The van der Waals surface area contributed by atoms with Gasteiger partial charge in [0.25, 0.3) is 5.91 Å². The number of nitrogens with one attached hydrogen (secondary N) is 1. The van der Waals surface area contributed by atoms with Crippen LogP contribution in [0.3, 0.4) is 0 Å². The van der Waals surface area contributed by atoms with E-state index in [1.807, 2.05) is 19.1 Å². The molecule has 0 bridgehead atoms. The van der Waals surface area contributed by atoms with E-state index >= 15 is 0 Å². The Bertz CT molecular complexity index is 792. The summed E-state index contributed by atoms with van der Waals surface area (Å²) in [5, 5.41) is 5.62. The number of amides is 1. The minimum atomic E-state index is -0.429. The first kappa shape index (κ1) is 19.9. The summed E-state index contributed by atoms with van der Waals surface area (Å²) in [7, 11) is 0. The van der Waals surface area contributed by atoms with Crippen molar-refractivity contribution in [2.75, 3.05) is 6.61 Å². The average Bonchev–Trinajstić information content (AvgIpc) is 2.59. The zero-order valence-corrected chi connectivity index (χ0v) is 16.2. The molecule has 2 aromatic carbocycles. The lowest BCUT2D eigenvalue weighted by Gasteiger charge is -2.09. The van der Waals surface area contributed by atoms with Gasteiger partial charge in [0.05, 0.1) is 20.8 Å². The lowest BCUT2D eigenvalue weighted by molar-refractivity contribution is -0.123. The van der Waals surface area contributed by atoms with Crippen molar-refractivity contribution >= 4 is 58.0 Å². The van der Waals surface area contributed by atoms with Crippen LogP contribution in [0.25, 0.3) is 0 Å². The molecule has 4 nitrogen and oxygen atoms in total. The summed E-state index contributed by atoms with van der Waals surface area (Å²) in [5.74, 6) is -0.161. The maximum Gasteiger partial charge on any atom is 0.277 e. The lowest BCUT2D eigenvalue weighted by Crippen LogP contribution is -2.26. The van der Waals surface area contributed by atoms with Crippen LogP contribution in [-0.4, -0.2) is 18.2 Å². The first-order valence-corrected chi connectivity index (χ1v) is 8.80. The zero-order chi connectivity index (χ0) is 18.4. The smallest absolute Gasteiger partial charge is 0.277 e. The molecule has 0 heterocycles. The molecule has 0 saturated heterocycles. The molecule has 0 unspecified atom stereocenters. The fraction of sp³-hybridized carbons (Fsp3) is 0.176. The van der Waals surface area contributed by atoms with Gasteiger partial charge in [0.2, 0.25) is 0 Å². The molecule has 1 N–H and O–H groups in total. The number of nitrogens with zero attached hydrogens (tertiary/aromatic N) is 1. The molecule has 0 atom stereocenters. The minimum Gasteiger partial charge on any atom is -0.482 e. The van der Waals surface area contributed by atoms with Crippen LogP contribution in [0.4, 0.5) is 0 Å². The summed E-state index contributed by atoms with van der Waals surface area (Å²) in [6.07, 6.45) is 0.640. The minimum absolute atomic E-state index is 0.265. The van der Waals surface area contributed by atoms with Gasteiger partial charge in [-0.3, -0.25) is 4.79 Å². The van der Waals surface area contributed by atoms with Crippen molar-refractivity contribution in [1.82, 2.24) is 5.43 Å². The Labute approximate surface area is 165 Å². The normalized spacial score (nSPS) is 11.3. The fourth-order valence-electron chi connectivity index (χ4n) is 1.91. The summed E-state index contributed by atoms with van der Waals surface area (Å²) in [6, 6.07) is 10.1. The SMILES string of the molecule is CC/C(=N/NC(=O)COc1cc(Cl)c(Cl)cc1Cl)c1ccc(Cl)cc1. The van der Waals surface area contributed by atoms with Crippen LogP contribution in [0.5, 0.6) is 5.75 Å². The van der Waals surface area contributed by atoms with Gasteiger partial charge in [-0.25, -0.2) is 5.43 Å². The number of benzene rings is 2. The molecule has 0 aliphatic heterocycles. The van der Waals surface area contributed by atoms with Crippen LogP contribution in [0.15, 0.2) is 41.5 Å². The van der Waals surface area contributed by atoms with Crippen LogP contribution >= 0.6 is 46.4 Å². The molecule has 25 heavy (non-hydrogen) atoms. The average molecular weight is 420 g/mol. The van der Waals surface area contributed by atoms with E-state index in [1.165, 1.54) is 12.1 Å². The Hall–Kier alpha value is -1.46. The Morgan fingerprint density at radius 1 is 1.04 bits per heavy atom. The highest BCUT2D eigenvalue weighted by Crippen LogP contribution is 2.33. The van der Waals surface area contributed by atoms with E-state index in [0.717, 1.165) is 11.3 Å². The van der Waals surface area contributed by atoms with Crippen LogP contribution in [0.2, 0.25) is 20.1 Å². The van der Waals surface area contributed by atoms with E-state index in [1.54, 1.807) is 12.1 Å². The third-order valence-electron chi connectivity index (χ3n) is 3.16. The Morgan fingerprint density at radius 2 is 1.68 bits per heavy atom. The Morgan fingerprint density at radius 3 is 2.32 bits per heavy atom. The van der Waals surface area contributed by atoms with E-state index in [-0.39, 0.29) is 22.4 Å². The molecular formula is C17H14Cl4N2O2. The van der Waals surface area contributed by atoms with Gasteiger partial charge in [0.1, 0.15) is 5.75 Å². The molecule has 0 fully saturated rings. The van der Waals surface area contributed by atoms with E-state index < -0.39 is 5.91 Å². The standard InChI is InChI=1S/C17H14Cl4N2O2/c1-2-15(10-3-5-11(18)6-4-10)22-23-17(24)9-25-16-8-13(20)12(19)7-14(16)21/h3-8H,2,9H2,1H3,(H,23,24)/b22-15-. The molecule has 8 heteroatoms. The molecule has 0 spiro atoms. The van der Waals surface area contributed by atoms with Gasteiger partial charge < -0.3 is 4.74 Å². The van der Waals surface area contributed by atoms with E-state index in [4.69, 9.17) is 51.1 Å². The van der Waals surface area contributed by atoms with Crippen molar-refractivity contribution in [3.05, 3.63) is 62.1 Å². The number of hydrogen-bond acceptors (Lipinski definition) is 3. The van der Waals surface area contributed by atoms with Crippen LogP contribution in [-0.2, 0) is 4.79 Å². The monoisotopic (exact) mass is 418 g/mol. The van der Waals surface area contributed by atoms with Gasteiger partial charge in [0, 0.05) is 11.1 Å². The summed E-state index contributed by atoms with van der Waals surface area (Å²) < 4.78 is 5.35. The zero-order valence-electron chi connectivity index (χ0n) is 13.2. The molecule has 0 aromatic heterocycles. The second-order valence-corrected chi connectivity index (χ2v) is 6.60. The Balaban J connectivity index is 1.97. The highest BCUT2D eigenvalue weighted by Gasteiger charge is 2.10. The fourth-order valence-corrected chi connectivity index (χ4v) is 2.63. The number of halogens is 4. The predicted molar refractivity (Wildman–Crippen MR) is 103 cm³/mol. The van der Waals surface area contributed by atoms with Crippen molar-refractivity contribution in [2.45, 2.75) is 13.3 Å². The maximum absolute atomic E-state index is 11.9. The van der Waals surface area contributed by atoms with Gasteiger partial charge in [0.15, 0.2) is 6.61 Å². The van der Waals surface area contributed by atoms with Gasteiger partial charge in [-0.1, -0.05) is 65.5 Å². The van der Waals surface area contributed by atoms with Gasteiger partial charge >= 0.3 is 0 Å². The van der Waals surface area contributed by atoms with E-state index in [2.05, 4.69) is 10.5 Å². The van der Waals surface area contributed by atoms with Crippen molar-refractivity contribution in [3.63, 3.8) is 0 Å². The molecule has 0 radical (unpaired) electrons. The highest BCUT2D eigenvalue weighted by molar-refractivity contribution is 6.43. The van der Waals surface area contributed by atoms with Crippen LogP contribution in [0, 0.1) is 0 Å². The number of rotatable bonds is 6. The number of ether oxygens (including phenoxy) is 1. The van der Waals surface area contributed by atoms with Crippen molar-refractivity contribution in [2.24, 2.45) is 5.10 Å². The first-order chi connectivity index (χ1) is 11.9. The molecule has 2 rings (SSSR count). The van der Waals surface area contributed by atoms with Crippen LogP contribution < -0.4 is 10.2 Å². The van der Waals surface area contributed by atoms with E-state index in [0.29, 0.717) is 16.5 Å². The summed E-state index contributed by atoms with van der Waals surface area (Å²) >= 11 is 23.6. The second-order valence-electron chi connectivity index (χ2n) is 4.94. The molecule has 0 aliphatic carbocycles. The second kappa shape index (κ2) is 9.30. The molecule has 0 saturated carbocycles. The van der Waals surface area contributed by atoms with E-state index in [9.17, 15) is 4.79 Å². The third kappa shape index (κ3) is 5.79.